The average Bonchev–Trinajstić information content (AvgIpc) is 2.38. The standard InChI is InChI=1S/C14H19BClFO5/c1-13(2,19)14(3,4)22-15(20)8-6-9(12(18)21-5)11(17)10(16)7-8/h6-7,19-20H,1-5H3. The number of methoxy groups -OCH3 is 1. The van der Waals surface area contributed by atoms with Crippen molar-refractivity contribution in [2.24, 2.45) is 0 Å². The van der Waals surface area contributed by atoms with E-state index >= 15 is 0 Å². The molecular weight excluding hydrogens is 313 g/mol. The first-order chi connectivity index (χ1) is 9.90. The van der Waals surface area contributed by atoms with Crippen molar-refractivity contribution in [3.8, 4) is 0 Å². The first-order valence-electron chi connectivity index (χ1n) is 6.56. The summed E-state index contributed by atoms with van der Waals surface area (Å²) >= 11 is 5.73. The van der Waals surface area contributed by atoms with Gasteiger partial charge in [0.2, 0.25) is 0 Å². The van der Waals surface area contributed by atoms with Crippen LogP contribution in [-0.4, -0.2) is 41.5 Å². The maximum absolute atomic E-state index is 13.8. The van der Waals surface area contributed by atoms with E-state index in [0.717, 1.165) is 19.2 Å². The fourth-order valence-corrected chi connectivity index (χ4v) is 1.73. The number of hydrogen-bond donors (Lipinski definition) is 2. The summed E-state index contributed by atoms with van der Waals surface area (Å²) in [6.07, 6.45) is 0. The number of hydrogen-bond acceptors (Lipinski definition) is 5. The van der Waals surface area contributed by atoms with Crippen molar-refractivity contribution in [1.29, 1.82) is 0 Å². The van der Waals surface area contributed by atoms with E-state index in [0.29, 0.717) is 0 Å². The van der Waals surface area contributed by atoms with Gasteiger partial charge >= 0.3 is 13.1 Å². The lowest BCUT2D eigenvalue weighted by molar-refractivity contribution is -0.0982. The Kier molecular flexibility index (Phi) is 5.62. The number of carbonyl (C=O) groups is 1. The van der Waals surface area contributed by atoms with Gasteiger partial charge in [-0.05, 0) is 45.3 Å². The molecule has 1 aromatic carbocycles. The number of ether oxygens (including phenoxy) is 1. The summed E-state index contributed by atoms with van der Waals surface area (Å²) in [5, 5.41) is 19.8. The lowest BCUT2D eigenvalue weighted by atomic mass is 9.76. The molecule has 0 spiro atoms. The van der Waals surface area contributed by atoms with Crippen molar-refractivity contribution in [3.63, 3.8) is 0 Å². The van der Waals surface area contributed by atoms with Crippen molar-refractivity contribution in [2.45, 2.75) is 38.9 Å². The van der Waals surface area contributed by atoms with Crippen LogP contribution in [0.15, 0.2) is 12.1 Å². The maximum Gasteiger partial charge on any atom is 0.491 e. The highest BCUT2D eigenvalue weighted by Crippen LogP contribution is 2.26. The van der Waals surface area contributed by atoms with E-state index in [-0.39, 0.29) is 10.5 Å². The molecule has 22 heavy (non-hydrogen) atoms. The van der Waals surface area contributed by atoms with Crippen LogP contribution >= 0.6 is 11.6 Å². The zero-order chi connectivity index (χ0) is 17.3. The van der Waals surface area contributed by atoms with Crippen LogP contribution in [0.1, 0.15) is 38.1 Å². The van der Waals surface area contributed by atoms with Gasteiger partial charge < -0.3 is 19.5 Å². The molecule has 0 bridgehead atoms. The number of carbonyl (C=O) groups excluding carboxylic acids is 1. The van der Waals surface area contributed by atoms with Gasteiger partial charge in [0, 0.05) is 0 Å². The van der Waals surface area contributed by atoms with Crippen molar-refractivity contribution >= 4 is 30.2 Å². The molecule has 1 aromatic rings. The molecular formula is C14H19BClFO5. The normalized spacial score (nSPS) is 12.2. The Morgan fingerprint density at radius 3 is 2.32 bits per heavy atom. The lowest BCUT2D eigenvalue weighted by Crippen LogP contribution is -2.53. The van der Waals surface area contributed by atoms with Crippen LogP contribution in [0.5, 0.6) is 0 Å². The van der Waals surface area contributed by atoms with Gasteiger partial charge in [0.1, 0.15) is 0 Å². The van der Waals surface area contributed by atoms with Crippen LogP contribution in [0, 0.1) is 5.82 Å². The van der Waals surface area contributed by atoms with E-state index in [1.165, 1.54) is 13.8 Å². The highest BCUT2D eigenvalue weighted by atomic mass is 35.5. The van der Waals surface area contributed by atoms with E-state index in [1.54, 1.807) is 13.8 Å². The Morgan fingerprint density at radius 2 is 1.86 bits per heavy atom. The van der Waals surface area contributed by atoms with Gasteiger partial charge in [-0.3, -0.25) is 0 Å². The molecule has 0 aliphatic heterocycles. The molecule has 0 amide bonds. The summed E-state index contributed by atoms with van der Waals surface area (Å²) in [6, 6.07) is 2.24. The minimum Gasteiger partial charge on any atom is -0.465 e. The minimum atomic E-state index is -1.51. The Bertz CT molecular complexity index is 571. The second kappa shape index (κ2) is 6.54. The fraction of sp³-hybridized carbons (Fsp3) is 0.500. The smallest absolute Gasteiger partial charge is 0.465 e. The van der Waals surface area contributed by atoms with E-state index in [1.807, 2.05) is 0 Å². The topological polar surface area (TPSA) is 76.0 Å². The summed E-state index contributed by atoms with van der Waals surface area (Å²) in [5.41, 5.74) is -2.69. The molecule has 122 valence electrons. The van der Waals surface area contributed by atoms with E-state index in [9.17, 15) is 19.3 Å². The second-order valence-electron chi connectivity index (χ2n) is 5.90. The summed E-state index contributed by atoms with van der Waals surface area (Å²) < 4.78 is 23.7. The average molecular weight is 333 g/mol. The SMILES string of the molecule is COC(=O)c1cc(B(O)OC(C)(C)C(C)(C)O)cc(Cl)c1F. The maximum atomic E-state index is 13.8. The molecule has 0 heterocycles. The number of rotatable bonds is 5. The van der Waals surface area contributed by atoms with Crippen LogP contribution in [0.2, 0.25) is 5.02 Å². The molecule has 0 aliphatic carbocycles. The van der Waals surface area contributed by atoms with Crippen molar-refractivity contribution in [2.75, 3.05) is 7.11 Å². The molecule has 1 rings (SSSR count). The predicted octanol–water partition coefficient (Wildman–Crippen LogP) is 1.52. The van der Waals surface area contributed by atoms with Crippen LogP contribution < -0.4 is 5.46 Å². The van der Waals surface area contributed by atoms with E-state index < -0.39 is 35.7 Å². The van der Waals surface area contributed by atoms with E-state index in [2.05, 4.69) is 4.74 Å². The second-order valence-corrected chi connectivity index (χ2v) is 6.30. The van der Waals surface area contributed by atoms with Gasteiger partial charge in [-0.2, -0.15) is 0 Å². The van der Waals surface area contributed by atoms with Crippen LogP contribution in [0.25, 0.3) is 0 Å². The molecule has 0 radical (unpaired) electrons. The van der Waals surface area contributed by atoms with Gasteiger partial charge in [-0.25, -0.2) is 9.18 Å². The Morgan fingerprint density at radius 1 is 1.32 bits per heavy atom. The monoisotopic (exact) mass is 332 g/mol. The summed E-state index contributed by atoms with van der Waals surface area (Å²) in [4.78, 5) is 11.5. The first-order valence-corrected chi connectivity index (χ1v) is 6.94. The fourth-order valence-electron chi connectivity index (χ4n) is 1.50. The van der Waals surface area contributed by atoms with Crippen molar-refractivity contribution in [1.82, 2.24) is 0 Å². The van der Waals surface area contributed by atoms with Crippen molar-refractivity contribution < 1.29 is 28.7 Å². The molecule has 8 heteroatoms. The summed E-state index contributed by atoms with van der Waals surface area (Å²) in [7, 11) is -0.407. The molecule has 0 aromatic heterocycles. The van der Waals surface area contributed by atoms with E-state index in [4.69, 9.17) is 16.3 Å². The van der Waals surface area contributed by atoms with Crippen molar-refractivity contribution in [3.05, 3.63) is 28.5 Å². The number of esters is 1. The number of benzene rings is 1. The lowest BCUT2D eigenvalue weighted by Gasteiger charge is -2.38. The molecule has 0 saturated heterocycles. The van der Waals surface area contributed by atoms with Crippen LogP contribution in [-0.2, 0) is 9.39 Å². The molecule has 2 N–H and O–H groups in total. The Labute approximate surface area is 134 Å². The van der Waals surface area contributed by atoms with Gasteiger partial charge in [0.25, 0.3) is 0 Å². The van der Waals surface area contributed by atoms with Crippen LogP contribution in [0.4, 0.5) is 4.39 Å². The summed E-state index contributed by atoms with van der Waals surface area (Å²) in [6.45, 7) is 6.22. The third kappa shape index (κ3) is 3.98. The largest absolute Gasteiger partial charge is 0.491 e. The molecule has 0 fully saturated rings. The van der Waals surface area contributed by atoms with Gasteiger partial charge in [-0.1, -0.05) is 11.6 Å². The van der Waals surface area contributed by atoms with Gasteiger partial charge in [-0.15, -0.1) is 0 Å². The number of aliphatic hydroxyl groups is 1. The molecule has 0 saturated carbocycles. The molecule has 0 atom stereocenters. The molecule has 0 unspecified atom stereocenters. The highest BCUT2D eigenvalue weighted by Gasteiger charge is 2.40. The third-order valence-corrected chi connectivity index (χ3v) is 3.90. The molecule has 0 aliphatic rings. The minimum absolute atomic E-state index is 0.0733. The summed E-state index contributed by atoms with van der Waals surface area (Å²) in [5.74, 6) is -1.86. The number of halogens is 2. The third-order valence-electron chi connectivity index (χ3n) is 3.62. The first kappa shape index (κ1) is 18.9. The zero-order valence-electron chi connectivity index (χ0n) is 13.1. The van der Waals surface area contributed by atoms with Gasteiger partial charge in [0.15, 0.2) is 5.82 Å². The Hall–Kier alpha value is -1.15. The highest BCUT2D eigenvalue weighted by molar-refractivity contribution is 6.60. The predicted molar refractivity (Wildman–Crippen MR) is 81.8 cm³/mol. The molecule has 5 nitrogen and oxygen atoms in total. The Balaban J connectivity index is 3.17. The quantitative estimate of drug-likeness (QED) is 0.631. The zero-order valence-corrected chi connectivity index (χ0v) is 13.9. The van der Waals surface area contributed by atoms with Gasteiger partial charge in [0.05, 0.1) is 28.9 Å². The van der Waals surface area contributed by atoms with Crippen LogP contribution in [0.3, 0.4) is 0 Å².